The van der Waals surface area contributed by atoms with Gasteiger partial charge in [-0.25, -0.2) is 0 Å². The van der Waals surface area contributed by atoms with Gasteiger partial charge in [0.05, 0.1) is 12.2 Å². The smallest absolute Gasteiger partial charge is 0.288 e. The maximum Gasteiger partial charge on any atom is 0.288 e. The molecule has 6 rings (SSSR count). The van der Waals surface area contributed by atoms with E-state index < -0.39 is 54.5 Å². The number of aliphatic hydroxyl groups excluding tert-OH is 2. The van der Waals surface area contributed by atoms with Crippen molar-refractivity contribution in [3.05, 3.63) is 115 Å². The Morgan fingerprint density at radius 1 is 0.633 bits per heavy atom. The summed E-state index contributed by atoms with van der Waals surface area (Å²) < 4.78 is 73.0. The predicted octanol–water partition coefficient (Wildman–Crippen LogP) is 4.11. The average Bonchev–Trinajstić information content (AvgIpc) is 3.19. The van der Waals surface area contributed by atoms with Gasteiger partial charge in [0.15, 0.2) is 0 Å². The SMILES string of the molecule is CC(O)CNc1nc(Nc2ccccc2)nc(NC2(Nc3nc(NCC(C)O)nc(Nc4ccccc4)n3)C=CC(C=Cc3ccccc3)C(S(=O)(=O)O)(S(=O)(=O)O)C2)n1. The molecule has 5 aromatic rings. The Morgan fingerprint density at radius 3 is 1.45 bits per heavy atom. The van der Waals surface area contributed by atoms with Crippen LogP contribution < -0.4 is 31.9 Å². The molecule has 316 valence electrons. The maximum atomic E-state index is 13.6. The van der Waals surface area contributed by atoms with Crippen LogP contribution in [-0.2, 0) is 20.2 Å². The third-order valence-corrected chi connectivity index (χ3v) is 12.7. The monoisotopic (exact) mass is 860 g/mol. The van der Waals surface area contributed by atoms with Gasteiger partial charge in [0.25, 0.3) is 20.2 Å². The molecule has 0 spiro atoms. The highest BCUT2D eigenvalue weighted by atomic mass is 32.3. The lowest BCUT2D eigenvalue weighted by Gasteiger charge is -2.44. The number of anilines is 8. The van der Waals surface area contributed by atoms with Crippen LogP contribution in [0.5, 0.6) is 0 Å². The van der Waals surface area contributed by atoms with Gasteiger partial charge < -0.3 is 42.1 Å². The van der Waals surface area contributed by atoms with Gasteiger partial charge in [0.1, 0.15) is 5.66 Å². The third-order valence-electron chi connectivity index (χ3n) is 8.90. The van der Waals surface area contributed by atoms with Crippen molar-refractivity contribution >= 4 is 73.4 Å². The van der Waals surface area contributed by atoms with E-state index >= 15 is 0 Å². The lowest BCUT2D eigenvalue weighted by molar-refractivity contribution is 0.207. The van der Waals surface area contributed by atoms with Gasteiger partial charge in [-0.15, -0.1) is 0 Å². The number of aliphatic hydroxyl groups is 2. The molecule has 3 unspecified atom stereocenters. The van der Waals surface area contributed by atoms with Crippen molar-refractivity contribution in [2.24, 2.45) is 5.92 Å². The zero-order valence-corrected chi connectivity index (χ0v) is 33.9. The number of hydrogen-bond donors (Lipinski definition) is 10. The Hall–Kier alpha value is -6.30. The van der Waals surface area contributed by atoms with Crippen LogP contribution in [0, 0.1) is 5.92 Å². The molecule has 2 aromatic heterocycles. The van der Waals surface area contributed by atoms with Crippen LogP contribution in [0.15, 0.2) is 109 Å². The van der Waals surface area contributed by atoms with Gasteiger partial charge >= 0.3 is 0 Å². The summed E-state index contributed by atoms with van der Waals surface area (Å²) in [7, 11) is -11.5. The summed E-state index contributed by atoms with van der Waals surface area (Å²) in [6.07, 6.45) is 2.43. The average molecular weight is 861 g/mol. The number of benzene rings is 3. The summed E-state index contributed by atoms with van der Waals surface area (Å²) in [4.78, 5) is 26.6. The van der Waals surface area contributed by atoms with Crippen LogP contribution in [-0.4, -0.2) is 101 Å². The molecule has 60 heavy (non-hydrogen) atoms. The molecule has 1 aliphatic carbocycles. The Kier molecular flexibility index (Phi) is 13.2. The molecule has 20 nitrogen and oxygen atoms in total. The van der Waals surface area contributed by atoms with E-state index in [1.165, 1.54) is 38.2 Å². The molecule has 0 fully saturated rings. The highest BCUT2D eigenvalue weighted by Crippen LogP contribution is 2.46. The Bertz CT molecular complexity index is 2380. The van der Waals surface area contributed by atoms with E-state index in [-0.39, 0.29) is 48.8 Å². The van der Waals surface area contributed by atoms with E-state index in [2.05, 4.69) is 61.8 Å². The van der Waals surface area contributed by atoms with Crippen molar-refractivity contribution in [3.63, 3.8) is 0 Å². The zero-order chi connectivity index (χ0) is 43.0. The highest BCUT2D eigenvalue weighted by Gasteiger charge is 2.64. The van der Waals surface area contributed by atoms with E-state index in [0.717, 1.165) is 0 Å². The Balaban J connectivity index is 1.54. The second-order valence-electron chi connectivity index (χ2n) is 13.9. The first-order valence-corrected chi connectivity index (χ1v) is 21.3. The van der Waals surface area contributed by atoms with Crippen molar-refractivity contribution < 1.29 is 36.2 Å². The molecule has 1 aliphatic rings. The lowest BCUT2D eigenvalue weighted by atomic mass is 9.86. The quantitative estimate of drug-likeness (QED) is 0.0337. The topological polar surface area (TPSA) is 299 Å². The van der Waals surface area contributed by atoms with Crippen molar-refractivity contribution in [2.45, 2.75) is 42.2 Å². The number of nitrogens with zero attached hydrogens (tertiary/aromatic N) is 6. The molecule has 0 aliphatic heterocycles. The van der Waals surface area contributed by atoms with Crippen LogP contribution in [0.4, 0.5) is 47.1 Å². The largest absolute Gasteiger partial charge is 0.392 e. The first kappa shape index (κ1) is 43.3. The van der Waals surface area contributed by atoms with Crippen LogP contribution in [0.25, 0.3) is 6.08 Å². The minimum atomic E-state index is -5.74. The number of nitrogens with one attached hydrogen (secondary N) is 6. The summed E-state index contributed by atoms with van der Waals surface area (Å²) in [6, 6.07) is 26.2. The summed E-state index contributed by atoms with van der Waals surface area (Å²) >= 11 is 0. The number of allylic oxidation sites excluding steroid dienone is 2. The zero-order valence-electron chi connectivity index (χ0n) is 32.2. The Labute approximate surface area is 346 Å². The molecular weight excluding hydrogens is 817 g/mol. The fourth-order valence-corrected chi connectivity index (χ4v) is 9.03. The van der Waals surface area contributed by atoms with Gasteiger partial charge in [-0.3, -0.25) is 9.11 Å². The molecule has 0 bridgehead atoms. The molecule has 22 heteroatoms. The van der Waals surface area contributed by atoms with E-state index in [1.54, 1.807) is 91.0 Å². The van der Waals surface area contributed by atoms with Crippen molar-refractivity contribution in [1.82, 2.24) is 29.9 Å². The normalized spacial score (nSPS) is 18.6. The number of hydrogen-bond acceptors (Lipinski definition) is 18. The molecule has 0 saturated heterocycles. The molecule has 3 atom stereocenters. The number of aromatic nitrogens is 6. The second kappa shape index (κ2) is 18.3. The molecule has 0 amide bonds. The summed E-state index contributed by atoms with van der Waals surface area (Å²) in [5.41, 5.74) is -0.456. The maximum absolute atomic E-state index is 13.6. The molecule has 2 heterocycles. The van der Waals surface area contributed by atoms with Gasteiger partial charge in [-0.2, -0.15) is 46.7 Å². The minimum Gasteiger partial charge on any atom is -0.392 e. The molecule has 10 N–H and O–H groups in total. The highest BCUT2D eigenvalue weighted by molar-refractivity contribution is 8.05. The van der Waals surface area contributed by atoms with Gasteiger partial charge in [-0.05, 0) is 49.8 Å². The van der Waals surface area contributed by atoms with E-state index in [4.69, 9.17) is 0 Å². The van der Waals surface area contributed by atoms with Gasteiger partial charge in [0, 0.05) is 36.8 Å². The fraction of sp³-hybridized carbons (Fsp3) is 0.263. The van der Waals surface area contributed by atoms with Gasteiger partial charge in [0.2, 0.25) is 39.8 Å². The summed E-state index contributed by atoms with van der Waals surface area (Å²) in [6.45, 7) is 3.09. The van der Waals surface area contributed by atoms with E-state index in [0.29, 0.717) is 16.9 Å². The van der Waals surface area contributed by atoms with E-state index in [1.807, 2.05) is 0 Å². The third kappa shape index (κ3) is 10.8. The van der Waals surface area contributed by atoms with Crippen LogP contribution in [0.3, 0.4) is 0 Å². The minimum absolute atomic E-state index is 0.00581. The van der Waals surface area contributed by atoms with Crippen molar-refractivity contribution in [1.29, 1.82) is 0 Å². The molecule has 3 aromatic carbocycles. The van der Waals surface area contributed by atoms with Crippen LogP contribution in [0.1, 0.15) is 25.8 Å². The predicted molar refractivity (Wildman–Crippen MR) is 228 cm³/mol. The van der Waals surface area contributed by atoms with Crippen LogP contribution >= 0.6 is 0 Å². The van der Waals surface area contributed by atoms with Crippen molar-refractivity contribution in [2.75, 3.05) is 45.0 Å². The lowest BCUT2D eigenvalue weighted by Crippen LogP contribution is -2.62. The standard InChI is InChI=1S/C38H44N12O8S2/c1-25(51)22-39-31-43-33(41-29-14-8-4-9-15-29)47-35(45-31)49-37(50-36-46-32(40-23-26(2)52)44-34(48-36)42-30-16-10-5-11-17-30)21-20-28(19-18-27-12-6-3-7-13-27)38(24-37,59(53,54)55)60(56,57)58/h3-21,25-26,28,51-52H,22-24H2,1-2H3,(H,53,54,55)(H,56,57,58)(H3,39,41,43,45,47,49)(H3,40,42,44,46,48,50). The second-order valence-corrected chi connectivity index (χ2v) is 17.5. The van der Waals surface area contributed by atoms with Crippen molar-refractivity contribution in [3.8, 4) is 0 Å². The molecule has 0 saturated carbocycles. The van der Waals surface area contributed by atoms with Gasteiger partial charge in [-0.1, -0.05) is 85.0 Å². The first-order chi connectivity index (χ1) is 28.5. The van der Waals surface area contributed by atoms with E-state index in [9.17, 15) is 36.2 Å². The summed E-state index contributed by atoms with van der Waals surface area (Å²) in [5, 5.41) is 37.9. The molecular formula is C38H44N12O8S2. The van der Waals surface area contributed by atoms with Crippen LogP contribution in [0.2, 0.25) is 0 Å². The molecule has 0 radical (unpaired) electrons. The number of para-hydroxylation sites is 2. The number of rotatable bonds is 18. The summed E-state index contributed by atoms with van der Waals surface area (Å²) in [5.74, 6) is -2.40. The Morgan fingerprint density at radius 2 is 1.03 bits per heavy atom. The first-order valence-electron chi connectivity index (χ1n) is 18.5. The fourth-order valence-electron chi connectivity index (χ4n) is 6.14.